The number of sulfonamides is 1. The van der Waals surface area contributed by atoms with E-state index in [2.05, 4.69) is 19.2 Å². The molecule has 1 amide bonds. The minimum Gasteiger partial charge on any atom is -0.348 e. The van der Waals surface area contributed by atoms with Crippen LogP contribution in [0.25, 0.3) is 0 Å². The van der Waals surface area contributed by atoms with E-state index in [1.807, 2.05) is 61.5 Å². The molecule has 2 rings (SSSR count). The Morgan fingerprint density at radius 1 is 1.04 bits per heavy atom. The summed E-state index contributed by atoms with van der Waals surface area (Å²) in [5.41, 5.74) is 2.98. The number of rotatable bonds is 9. The molecule has 152 valence electrons. The summed E-state index contributed by atoms with van der Waals surface area (Å²) in [6.07, 6.45) is 1.92. The van der Waals surface area contributed by atoms with Crippen LogP contribution in [0.5, 0.6) is 0 Å². The molecule has 6 heteroatoms. The van der Waals surface area contributed by atoms with Crippen molar-refractivity contribution in [2.75, 3.05) is 12.8 Å². The third kappa shape index (κ3) is 7.09. The number of amides is 1. The van der Waals surface area contributed by atoms with Crippen LogP contribution in [0.3, 0.4) is 0 Å². The summed E-state index contributed by atoms with van der Waals surface area (Å²) in [7, 11) is -3.52. The third-order valence-electron chi connectivity index (χ3n) is 4.51. The molecule has 0 unspecified atom stereocenters. The lowest BCUT2D eigenvalue weighted by atomic mass is 9.97. The minimum atomic E-state index is -3.52. The number of carbonyl (C=O) groups excluding carboxylic acids is 1. The van der Waals surface area contributed by atoms with Gasteiger partial charge in [0.1, 0.15) is 0 Å². The molecular weight excluding hydrogens is 372 g/mol. The Hall–Kier alpha value is -2.18. The van der Waals surface area contributed by atoms with Gasteiger partial charge in [-0.2, -0.15) is 4.31 Å². The summed E-state index contributed by atoms with van der Waals surface area (Å²) < 4.78 is 25.6. The van der Waals surface area contributed by atoms with E-state index in [4.69, 9.17) is 0 Å². The molecule has 1 atom stereocenters. The van der Waals surface area contributed by atoms with Crippen LogP contribution >= 0.6 is 0 Å². The fourth-order valence-electron chi connectivity index (χ4n) is 3.02. The van der Waals surface area contributed by atoms with Crippen LogP contribution in [0.4, 0.5) is 0 Å². The van der Waals surface area contributed by atoms with E-state index in [9.17, 15) is 13.2 Å². The van der Waals surface area contributed by atoms with Crippen molar-refractivity contribution < 1.29 is 13.2 Å². The van der Waals surface area contributed by atoms with Gasteiger partial charge in [-0.1, -0.05) is 74.0 Å². The molecule has 2 aromatic rings. The Balaban J connectivity index is 2.11. The average Bonchev–Trinajstić information content (AvgIpc) is 2.62. The fraction of sp³-hybridized carbons (Fsp3) is 0.409. The van der Waals surface area contributed by atoms with Crippen molar-refractivity contribution in [1.82, 2.24) is 9.62 Å². The largest absolute Gasteiger partial charge is 0.348 e. The quantitative estimate of drug-likeness (QED) is 0.696. The van der Waals surface area contributed by atoms with E-state index in [0.29, 0.717) is 5.92 Å². The maximum atomic E-state index is 12.7. The molecule has 1 N–H and O–H groups in total. The first-order valence-corrected chi connectivity index (χ1v) is 11.3. The second-order valence-corrected chi connectivity index (χ2v) is 9.66. The Bertz CT molecular complexity index is 862. The van der Waals surface area contributed by atoms with Gasteiger partial charge in [0.2, 0.25) is 15.9 Å². The van der Waals surface area contributed by atoms with Gasteiger partial charge in [-0.15, -0.1) is 0 Å². The Morgan fingerprint density at radius 3 is 2.18 bits per heavy atom. The van der Waals surface area contributed by atoms with Crippen molar-refractivity contribution in [1.29, 1.82) is 0 Å². The summed E-state index contributed by atoms with van der Waals surface area (Å²) in [6.45, 7) is 6.15. The van der Waals surface area contributed by atoms with Gasteiger partial charge >= 0.3 is 0 Å². The van der Waals surface area contributed by atoms with Crippen LogP contribution in [-0.2, 0) is 21.4 Å². The second-order valence-electron chi connectivity index (χ2n) is 7.68. The molecule has 0 spiro atoms. The van der Waals surface area contributed by atoms with Crippen LogP contribution in [0.1, 0.15) is 43.0 Å². The van der Waals surface area contributed by atoms with E-state index in [1.54, 1.807) is 0 Å². The number of hydrogen-bond acceptors (Lipinski definition) is 3. The van der Waals surface area contributed by atoms with Crippen molar-refractivity contribution in [3.63, 3.8) is 0 Å². The zero-order chi connectivity index (χ0) is 20.7. The van der Waals surface area contributed by atoms with Crippen molar-refractivity contribution >= 4 is 15.9 Å². The van der Waals surface area contributed by atoms with Gasteiger partial charge in [0.15, 0.2) is 0 Å². The summed E-state index contributed by atoms with van der Waals surface area (Å²) >= 11 is 0. The van der Waals surface area contributed by atoms with E-state index in [1.165, 1.54) is 4.31 Å². The maximum Gasteiger partial charge on any atom is 0.235 e. The molecule has 5 nitrogen and oxygen atoms in total. The fourth-order valence-corrected chi connectivity index (χ4v) is 3.76. The first kappa shape index (κ1) is 22.1. The average molecular weight is 403 g/mol. The van der Waals surface area contributed by atoms with Crippen molar-refractivity contribution in [3.05, 3.63) is 71.3 Å². The first-order chi connectivity index (χ1) is 13.1. The Kier molecular flexibility index (Phi) is 7.78. The molecule has 2 aromatic carbocycles. The van der Waals surface area contributed by atoms with Gasteiger partial charge in [0, 0.05) is 6.54 Å². The minimum absolute atomic E-state index is 0.144. The van der Waals surface area contributed by atoms with Crippen molar-refractivity contribution in [2.45, 2.75) is 39.8 Å². The highest BCUT2D eigenvalue weighted by molar-refractivity contribution is 7.88. The molecule has 0 heterocycles. The molecule has 0 bridgehead atoms. The van der Waals surface area contributed by atoms with Crippen LogP contribution in [-0.4, -0.2) is 31.4 Å². The SMILES string of the molecule is Cc1ccc(CN(CC(=O)N[C@@H](CC(C)C)c2ccccc2)S(C)(=O)=O)cc1. The van der Waals surface area contributed by atoms with Crippen LogP contribution < -0.4 is 5.32 Å². The summed E-state index contributed by atoms with van der Waals surface area (Å²) in [6, 6.07) is 17.3. The van der Waals surface area contributed by atoms with Gasteiger partial charge in [0.05, 0.1) is 18.8 Å². The van der Waals surface area contributed by atoms with Gasteiger partial charge in [-0.25, -0.2) is 8.42 Å². The molecular formula is C22H30N2O3S. The van der Waals surface area contributed by atoms with Gasteiger partial charge < -0.3 is 5.32 Å². The summed E-state index contributed by atoms with van der Waals surface area (Å²) in [4.78, 5) is 12.7. The highest BCUT2D eigenvalue weighted by atomic mass is 32.2. The maximum absolute atomic E-state index is 12.7. The predicted octanol–water partition coefficient (Wildman–Crippen LogP) is 3.66. The van der Waals surface area contributed by atoms with E-state index < -0.39 is 10.0 Å². The number of aryl methyl sites for hydroxylation is 1. The normalized spacial score (nSPS) is 12.9. The molecule has 0 radical (unpaired) electrons. The topological polar surface area (TPSA) is 66.5 Å². The third-order valence-corrected chi connectivity index (χ3v) is 5.71. The van der Waals surface area contributed by atoms with E-state index in [0.717, 1.165) is 29.4 Å². The molecule has 28 heavy (non-hydrogen) atoms. The van der Waals surface area contributed by atoms with Crippen molar-refractivity contribution in [2.24, 2.45) is 5.92 Å². The molecule has 0 saturated carbocycles. The Labute approximate surface area is 168 Å². The zero-order valence-electron chi connectivity index (χ0n) is 17.1. The molecule has 0 aliphatic carbocycles. The van der Waals surface area contributed by atoms with Crippen LogP contribution in [0.2, 0.25) is 0 Å². The van der Waals surface area contributed by atoms with Gasteiger partial charge in [-0.05, 0) is 30.4 Å². The monoisotopic (exact) mass is 402 g/mol. The number of hydrogen-bond donors (Lipinski definition) is 1. The van der Waals surface area contributed by atoms with Crippen molar-refractivity contribution in [3.8, 4) is 0 Å². The van der Waals surface area contributed by atoms with E-state index in [-0.39, 0.29) is 25.0 Å². The van der Waals surface area contributed by atoms with Crippen LogP contribution in [0, 0.1) is 12.8 Å². The molecule has 0 aromatic heterocycles. The zero-order valence-corrected chi connectivity index (χ0v) is 17.9. The van der Waals surface area contributed by atoms with Gasteiger partial charge in [-0.3, -0.25) is 4.79 Å². The lowest BCUT2D eigenvalue weighted by Gasteiger charge is -2.24. The number of carbonyl (C=O) groups is 1. The molecule has 0 aliphatic rings. The highest BCUT2D eigenvalue weighted by Gasteiger charge is 2.23. The number of nitrogens with one attached hydrogen (secondary N) is 1. The second kappa shape index (κ2) is 9.85. The molecule has 0 fully saturated rings. The van der Waals surface area contributed by atoms with E-state index >= 15 is 0 Å². The molecule has 0 aliphatic heterocycles. The lowest BCUT2D eigenvalue weighted by Crippen LogP contribution is -2.41. The number of benzene rings is 2. The first-order valence-electron chi connectivity index (χ1n) is 9.50. The lowest BCUT2D eigenvalue weighted by molar-refractivity contribution is -0.122. The Morgan fingerprint density at radius 2 is 1.64 bits per heavy atom. The highest BCUT2D eigenvalue weighted by Crippen LogP contribution is 2.21. The smallest absolute Gasteiger partial charge is 0.235 e. The van der Waals surface area contributed by atoms with Gasteiger partial charge in [0.25, 0.3) is 0 Å². The standard InChI is InChI=1S/C22H30N2O3S/c1-17(2)14-21(20-8-6-5-7-9-20)23-22(25)16-24(28(4,26)27)15-19-12-10-18(3)11-13-19/h5-13,17,21H,14-16H2,1-4H3,(H,23,25)/t21-/m0/s1. The predicted molar refractivity (Wildman–Crippen MR) is 113 cm³/mol. The number of nitrogens with zero attached hydrogens (tertiary/aromatic N) is 1. The summed E-state index contributed by atoms with van der Waals surface area (Å²) in [5, 5.41) is 3.02. The van der Waals surface area contributed by atoms with Crippen LogP contribution in [0.15, 0.2) is 54.6 Å². The molecule has 0 saturated heterocycles. The summed E-state index contributed by atoms with van der Waals surface area (Å²) in [5.74, 6) is 0.0936.